The SMILES string of the molecule is Cc1csc(NC(=O)c2cc(Oc3ccc(-c4nc(C)nn4C)cc3)cc(OC3CCN(C)C3=O)c2)n1. The fraction of sp³-hybridized carbons (Fsp3) is 0.269. The number of hydrogen-bond acceptors (Lipinski definition) is 8. The van der Waals surface area contributed by atoms with Gasteiger partial charge >= 0.3 is 0 Å². The Balaban J connectivity index is 1.40. The summed E-state index contributed by atoms with van der Waals surface area (Å²) in [5.74, 6) is 2.34. The number of amides is 2. The Morgan fingerprint density at radius 3 is 2.43 bits per heavy atom. The number of aryl methyl sites for hydroxylation is 3. The van der Waals surface area contributed by atoms with Gasteiger partial charge in [0.25, 0.3) is 11.8 Å². The zero-order valence-corrected chi connectivity index (χ0v) is 21.7. The van der Waals surface area contributed by atoms with Crippen molar-refractivity contribution in [3.05, 3.63) is 64.9 Å². The summed E-state index contributed by atoms with van der Waals surface area (Å²) in [5.41, 5.74) is 2.05. The molecule has 1 fully saturated rings. The second-order valence-corrected chi connectivity index (χ2v) is 9.69. The van der Waals surface area contributed by atoms with Crippen molar-refractivity contribution in [1.82, 2.24) is 24.6 Å². The number of likely N-dealkylation sites (N-methyl/N-ethyl adjacent to an activating group) is 1. The van der Waals surface area contributed by atoms with Crippen LogP contribution in [0.25, 0.3) is 11.4 Å². The number of nitrogens with zero attached hydrogens (tertiary/aromatic N) is 5. The van der Waals surface area contributed by atoms with Crippen molar-refractivity contribution in [2.24, 2.45) is 7.05 Å². The van der Waals surface area contributed by atoms with E-state index in [1.165, 1.54) is 11.3 Å². The van der Waals surface area contributed by atoms with E-state index < -0.39 is 6.10 Å². The number of likely N-dealkylation sites (tertiary alicyclic amines) is 1. The number of rotatable bonds is 7. The number of aromatic nitrogens is 4. The fourth-order valence-electron chi connectivity index (χ4n) is 4.05. The van der Waals surface area contributed by atoms with Crippen LogP contribution < -0.4 is 14.8 Å². The minimum Gasteiger partial charge on any atom is -0.480 e. The summed E-state index contributed by atoms with van der Waals surface area (Å²) in [6.45, 7) is 4.32. The molecule has 2 aromatic heterocycles. The van der Waals surface area contributed by atoms with Crippen molar-refractivity contribution in [2.75, 3.05) is 18.9 Å². The first-order valence-corrected chi connectivity index (χ1v) is 12.6. The highest BCUT2D eigenvalue weighted by molar-refractivity contribution is 7.13. The van der Waals surface area contributed by atoms with E-state index in [2.05, 4.69) is 20.4 Å². The van der Waals surface area contributed by atoms with Crippen LogP contribution in [-0.4, -0.2) is 56.2 Å². The Labute approximate surface area is 217 Å². The lowest BCUT2D eigenvalue weighted by atomic mass is 10.1. The van der Waals surface area contributed by atoms with Gasteiger partial charge in [0.1, 0.15) is 23.1 Å². The number of nitrogens with one attached hydrogen (secondary N) is 1. The van der Waals surface area contributed by atoms with Crippen LogP contribution in [0.4, 0.5) is 5.13 Å². The van der Waals surface area contributed by atoms with Gasteiger partial charge in [-0.1, -0.05) is 0 Å². The van der Waals surface area contributed by atoms with E-state index in [4.69, 9.17) is 9.47 Å². The van der Waals surface area contributed by atoms with Crippen LogP contribution in [-0.2, 0) is 11.8 Å². The van der Waals surface area contributed by atoms with Gasteiger partial charge in [-0.25, -0.2) is 14.6 Å². The number of thiazole rings is 1. The molecule has 5 rings (SSSR count). The van der Waals surface area contributed by atoms with Crippen molar-refractivity contribution >= 4 is 28.3 Å². The van der Waals surface area contributed by atoms with E-state index in [0.29, 0.717) is 46.7 Å². The Morgan fingerprint density at radius 1 is 1.05 bits per heavy atom. The predicted octanol–water partition coefficient (Wildman–Crippen LogP) is 4.21. The van der Waals surface area contributed by atoms with Crippen LogP contribution in [0.2, 0.25) is 0 Å². The summed E-state index contributed by atoms with van der Waals surface area (Å²) in [6, 6.07) is 12.3. The molecule has 11 heteroatoms. The Hall–Kier alpha value is -4.25. The molecule has 0 radical (unpaired) electrons. The Morgan fingerprint density at radius 2 is 1.81 bits per heavy atom. The maximum atomic E-state index is 13.0. The Bertz CT molecular complexity index is 1460. The molecule has 190 valence electrons. The lowest BCUT2D eigenvalue weighted by molar-refractivity contribution is -0.132. The highest BCUT2D eigenvalue weighted by atomic mass is 32.1. The van der Waals surface area contributed by atoms with Gasteiger partial charge in [0.2, 0.25) is 0 Å². The number of carbonyl (C=O) groups is 2. The van der Waals surface area contributed by atoms with E-state index in [0.717, 1.165) is 17.1 Å². The zero-order valence-electron chi connectivity index (χ0n) is 20.9. The molecule has 0 saturated carbocycles. The van der Waals surface area contributed by atoms with Crippen LogP contribution in [0.3, 0.4) is 0 Å². The summed E-state index contributed by atoms with van der Waals surface area (Å²) < 4.78 is 13.8. The number of hydrogen-bond donors (Lipinski definition) is 1. The summed E-state index contributed by atoms with van der Waals surface area (Å²) >= 11 is 1.35. The quantitative estimate of drug-likeness (QED) is 0.390. The van der Waals surface area contributed by atoms with Gasteiger partial charge in [-0.3, -0.25) is 14.9 Å². The van der Waals surface area contributed by atoms with Crippen LogP contribution in [0.5, 0.6) is 17.2 Å². The van der Waals surface area contributed by atoms with Crippen molar-refractivity contribution < 1.29 is 19.1 Å². The lowest BCUT2D eigenvalue weighted by Gasteiger charge is -2.15. The third-order valence-corrected chi connectivity index (χ3v) is 6.73. The van der Waals surface area contributed by atoms with Gasteiger partial charge in [-0.2, -0.15) is 5.10 Å². The minimum atomic E-state index is -0.605. The summed E-state index contributed by atoms with van der Waals surface area (Å²) in [6.07, 6.45) is -0.0320. The molecule has 3 heterocycles. The molecule has 1 N–H and O–H groups in total. The number of ether oxygens (including phenoxy) is 2. The zero-order chi connectivity index (χ0) is 26.1. The van der Waals surface area contributed by atoms with Crippen LogP contribution >= 0.6 is 11.3 Å². The maximum absolute atomic E-state index is 13.0. The summed E-state index contributed by atoms with van der Waals surface area (Å²) in [5, 5.41) is 9.45. The normalized spacial score (nSPS) is 15.2. The van der Waals surface area contributed by atoms with Crippen molar-refractivity contribution in [1.29, 1.82) is 0 Å². The standard InChI is InChI=1S/C26H26N6O4S/c1-15-14-37-26(27-15)29-24(33)18-11-20(13-21(12-18)36-22-9-10-31(3)25(22)34)35-19-7-5-17(6-8-19)23-28-16(2)30-32(23)4/h5-8,11-14,22H,9-10H2,1-4H3,(H,27,29,33). The topological polar surface area (TPSA) is 111 Å². The van der Waals surface area contributed by atoms with E-state index in [1.807, 2.05) is 50.5 Å². The summed E-state index contributed by atoms with van der Waals surface area (Å²) in [4.78, 5) is 35.8. The molecule has 0 spiro atoms. The average Bonchev–Trinajstić information content (AvgIpc) is 3.53. The van der Waals surface area contributed by atoms with Crippen molar-refractivity contribution in [3.63, 3.8) is 0 Å². The molecule has 1 unspecified atom stereocenters. The molecule has 1 saturated heterocycles. The number of anilines is 1. The van der Waals surface area contributed by atoms with Gasteiger partial charge < -0.3 is 14.4 Å². The van der Waals surface area contributed by atoms with Crippen LogP contribution in [0, 0.1) is 13.8 Å². The minimum absolute atomic E-state index is 0.0924. The van der Waals surface area contributed by atoms with Gasteiger partial charge in [-0.05, 0) is 50.2 Å². The molecule has 4 aromatic rings. The molecule has 2 aromatic carbocycles. The number of carbonyl (C=O) groups excluding carboxylic acids is 2. The average molecular weight is 519 g/mol. The van der Waals surface area contributed by atoms with Crippen LogP contribution in [0.1, 0.15) is 28.3 Å². The molecule has 1 aliphatic rings. The third-order valence-electron chi connectivity index (χ3n) is 5.86. The molecular weight excluding hydrogens is 492 g/mol. The van der Waals surface area contributed by atoms with Gasteiger partial charge in [0, 0.05) is 49.6 Å². The fourth-order valence-corrected chi connectivity index (χ4v) is 4.73. The maximum Gasteiger partial charge on any atom is 0.263 e. The van der Waals surface area contributed by atoms with E-state index in [1.54, 1.807) is 34.8 Å². The largest absolute Gasteiger partial charge is 0.480 e. The molecule has 2 amide bonds. The molecule has 0 aliphatic carbocycles. The van der Waals surface area contributed by atoms with Crippen molar-refractivity contribution in [3.8, 4) is 28.6 Å². The smallest absolute Gasteiger partial charge is 0.263 e. The molecule has 1 atom stereocenters. The third kappa shape index (κ3) is 5.46. The molecular formula is C26H26N6O4S. The van der Waals surface area contributed by atoms with Crippen molar-refractivity contribution in [2.45, 2.75) is 26.4 Å². The molecule has 0 bridgehead atoms. The highest BCUT2D eigenvalue weighted by Gasteiger charge is 2.31. The van der Waals surface area contributed by atoms with Crippen LogP contribution in [0.15, 0.2) is 47.8 Å². The lowest BCUT2D eigenvalue weighted by Crippen LogP contribution is -2.29. The first-order chi connectivity index (χ1) is 17.7. The van der Waals surface area contributed by atoms with Gasteiger partial charge in [-0.15, -0.1) is 11.3 Å². The molecule has 37 heavy (non-hydrogen) atoms. The molecule has 1 aliphatic heterocycles. The second-order valence-electron chi connectivity index (χ2n) is 8.83. The van der Waals surface area contributed by atoms with E-state index >= 15 is 0 Å². The predicted molar refractivity (Wildman–Crippen MR) is 139 cm³/mol. The Kier molecular flexibility index (Phi) is 6.62. The highest BCUT2D eigenvalue weighted by Crippen LogP contribution is 2.31. The van der Waals surface area contributed by atoms with E-state index in [9.17, 15) is 9.59 Å². The summed E-state index contributed by atoms with van der Waals surface area (Å²) in [7, 11) is 3.59. The monoisotopic (exact) mass is 518 g/mol. The first kappa shape index (κ1) is 24.4. The van der Waals surface area contributed by atoms with Gasteiger partial charge in [0.05, 0.1) is 5.69 Å². The van der Waals surface area contributed by atoms with Gasteiger partial charge in [0.15, 0.2) is 17.1 Å². The number of benzene rings is 2. The van der Waals surface area contributed by atoms with E-state index in [-0.39, 0.29) is 11.8 Å². The molecule has 10 nitrogen and oxygen atoms in total. The first-order valence-electron chi connectivity index (χ1n) is 11.7. The second kappa shape index (κ2) is 10.0.